The van der Waals surface area contributed by atoms with E-state index in [2.05, 4.69) is 174 Å². The van der Waals surface area contributed by atoms with E-state index in [4.69, 9.17) is 24.4 Å². The van der Waals surface area contributed by atoms with Gasteiger partial charge in [-0.1, -0.05) is 158 Å². The first-order valence-corrected chi connectivity index (χ1v) is 20.7. The van der Waals surface area contributed by atoms with Gasteiger partial charge in [-0.25, -0.2) is 19.9 Å². The van der Waals surface area contributed by atoms with Gasteiger partial charge in [-0.05, 0) is 82.2 Å². The number of fused-ring (bicyclic) bond motifs is 6. The molecule has 290 valence electrons. The topological polar surface area (TPSA) is 69.6 Å². The molecule has 0 spiro atoms. The minimum Gasteiger partial charge on any atom is -0.435 e. The molecular weight excluding hydrogens is 759 g/mol. The van der Waals surface area contributed by atoms with Crippen molar-refractivity contribution < 1.29 is 4.42 Å². The molecule has 0 aliphatic rings. The zero-order valence-corrected chi connectivity index (χ0v) is 33.4. The average Bonchev–Trinajstić information content (AvgIpc) is 3.94. The Hall–Kier alpha value is -8.48. The number of oxazole rings is 1. The van der Waals surface area contributed by atoms with E-state index in [0.29, 0.717) is 23.4 Å². The summed E-state index contributed by atoms with van der Waals surface area (Å²) in [5, 5.41) is 4.44. The van der Waals surface area contributed by atoms with Gasteiger partial charge in [0.05, 0.1) is 11.0 Å². The molecule has 0 unspecified atom stereocenters. The Morgan fingerprint density at radius 3 is 1.66 bits per heavy atom. The molecule has 0 aliphatic heterocycles. The molecule has 0 aliphatic carbocycles. The number of aromatic nitrogens is 5. The molecule has 0 amide bonds. The number of para-hydroxylation sites is 2. The summed E-state index contributed by atoms with van der Waals surface area (Å²) in [6.45, 7) is 0. The minimum absolute atomic E-state index is 0.581. The van der Waals surface area contributed by atoms with Crippen LogP contribution in [0.25, 0.3) is 117 Å². The first-order chi connectivity index (χ1) is 30.7. The Bertz CT molecular complexity index is 3630. The van der Waals surface area contributed by atoms with Crippen molar-refractivity contribution in [3.05, 3.63) is 212 Å². The van der Waals surface area contributed by atoms with E-state index in [0.717, 1.165) is 88.5 Å². The lowest BCUT2D eigenvalue weighted by Crippen LogP contribution is -2.01. The lowest BCUT2D eigenvalue weighted by atomic mass is 9.96. The molecule has 0 fully saturated rings. The van der Waals surface area contributed by atoms with E-state index in [-0.39, 0.29) is 0 Å². The smallest absolute Gasteiger partial charge is 0.227 e. The van der Waals surface area contributed by atoms with E-state index in [1.807, 2.05) is 42.5 Å². The van der Waals surface area contributed by atoms with Gasteiger partial charge in [-0.15, -0.1) is 0 Å². The Morgan fingerprint density at radius 1 is 0.355 bits per heavy atom. The van der Waals surface area contributed by atoms with Crippen LogP contribution in [0, 0.1) is 0 Å². The van der Waals surface area contributed by atoms with Crippen LogP contribution in [0.3, 0.4) is 0 Å². The lowest BCUT2D eigenvalue weighted by molar-refractivity contribution is 0.623. The quantitative estimate of drug-likeness (QED) is 0.161. The molecule has 6 heteroatoms. The average molecular weight is 794 g/mol. The summed E-state index contributed by atoms with van der Waals surface area (Å²) in [6, 6.07) is 73.4. The Kier molecular flexibility index (Phi) is 8.38. The second kappa shape index (κ2) is 14.7. The van der Waals surface area contributed by atoms with E-state index in [9.17, 15) is 0 Å². The maximum Gasteiger partial charge on any atom is 0.227 e. The fraction of sp³-hybridized carbons (Fsp3) is 0. The van der Waals surface area contributed by atoms with E-state index < -0.39 is 0 Å². The highest BCUT2D eigenvalue weighted by atomic mass is 16.3. The summed E-state index contributed by atoms with van der Waals surface area (Å²) < 4.78 is 8.88. The standard InChI is InChI=1S/C56H35N5O/c1-4-15-36(16-5-1)39-20-12-22-41(33-39)53-58-54(60-55(59-53)43-29-31-47-46-26-10-11-28-49(46)61(50(47)35-43)44-24-8-3-9-25-44)42-23-13-21-40(34-42)45-27-14-19-37-30-32-48-52(51(37)45)62-56(57-48)38-17-6-2-7-18-38/h1-35H. The van der Waals surface area contributed by atoms with Crippen molar-refractivity contribution in [1.29, 1.82) is 0 Å². The van der Waals surface area contributed by atoms with Crippen LogP contribution in [-0.4, -0.2) is 24.5 Å². The monoisotopic (exact) mass is 793 g/mol. The van der Waals surface area contributed by atoms with Crippen LogP contribution in [0.5, 0.6) is 0 Å². The van der Waals surface area contributed by atoms with Gasteiger partial charge in [0.2, 0.25) is 5.89 Å². The van der Waals surface area contributed by atoms with Crippen LogP contribution < -0.4 is 0 Å². The molecule has 0 radical (unpaired) electrons. The molecule has 0 atom stereocenters. The molecule has 62 heavy (non-hydrogen) atoms. The molecule has 6 nitrogen and oxygen atoms in total. The van der Waals surface area contributed by atoms with Crippen LogP contribution in [0.15, 0.2) is 217 Å². The number of rotatable bonds is 7. The Morgan fingerprint density at radius 2 is 0.919 bits per heavy atom. The molecule has 9 aromatic carbocycles. The van der Waals surface area contributed by atoms with E-state index in [1.54, 1.807) is 0 Å². The van der Waals surface area contributed by atoms with Crippen molar-refractivity contribution >= 4 is 43.7 Å². The molecule has 3 heterocycles. The molecule has 12 aromatic rings. The molecule has 0 saturated heterocycles. The third-order valence-corrected chi connectivity index (χ3v) is 11.7. The normalized spacial score (nSPS) is 11.5. The molecule has 0 N–H and O–H groups in total. The lowest BCUT2D eigenvalue weighted by Gasteiger charge is -2.12. The summed E-state index contributed by atoms with van der Waals surface area (Å²) in [7, 11) is 0. The second-order valence-electron chi connectivity index (χ2n) is 15.5. The third kappa shape index (κ3) is 6.13. The van der Waals surface area contributed by atoms with Gasteiger partial charge in [0.15, 0.2) is 23.1 Å². The molecule has 12 rings (SSSR count). The highest BCUT2D eigenvalue weighted by Gasteiger charge is 2.19. The SMILES string of the molecule is c1ccc(-c2cccc(-c3nc(-c4cccc(-c5cccc6ccc7nc(-c8ccccc8)oc7c56)c4)nc(-c4ccc5c6ccccc6n(-c6ccccc6)c5c4)n3)c2)cc1. The van der Waals surface area contributed by atoms with Crippen LogP contribution in [0.1, 0.15) is 0 Å². The van der Waals surface area contributed by atoms with Gasteiger partial charge in [0.1, 0.15) is 5.52 Å². The zero-order valence-electron chi connectivity index (χ0n) is 33.4. The van der Waals surface area contributed by atoms with Gasteiger partial charge in [0, 0.05) is 44.1 Å². The van der Waals surface area contributed by atoms with Crippen molar-refractivity contribution in [2.75, 3.05) is 0 Å². The second-order valence-corrected chi connectivity index (χ2v) is 15.5. The number of benzene rings is 9. The summed E-state index contributed by atoms with van der Waals surface area (Å²) in [5.41, 5.74) is 12.8. The molecule has 3 aromatic heterocycles. The maximum absolute atomic E-state index is 6.56. The number of nitrogens with zero attached hydrogens (tertiary/aromatic N) is 5. The molecule has 0 saturated carbocycles. The molecular formula is C56H35N5O. The van der Waals surface area contributed by atoms with Gasteiger partial charge >= 0.3 is 0 Å². The first kappa shape index (κ1) is 35.5. The Balaban J connectivity index is 1.04. The van der Waals surface area contributed by atoms with Crippen molar-refractivity contribution in [3.63, 3.8) is 0 Å². The fourth-order valence-electron chi connectivity index (χ4n) is 8.72. The molecule has 0 bridgehead atoms. The third-order valence-electron chi connectivity index (χ3n) is 11.7. The summed E-state index contributed by atoms with van der Waals surface area (Å²) in [4.78, 5) is 20.6. The highest BCUT2D eigenvalue weighted by Crippen LogP contribution is 2.39. The summed E-state index contributed by atoms with van der Waals surface area (Å²) in [6.07, 6.45) is 0. The number of hydrogen-bond acceptors (Lipinski definition) is 5. The van der Waals surface area contributed by atoms with Crippen LogP contribution in [0.2, 0.25) is 0 Å². The van der Waals surface area contributed by atoms with Crippen LogP contribution in [-0.2, 0) is 0 Å². The predicted molar refractivity (Wildman–Crippen MR) is 252 cm³/mol. The minimum atomic E-state index is 0.581. The van der Waals surface area contributed by atoms with Gasteiger partial charge in [-0.3, -0.25) is 0 Å². The van der Waals surface area contributed by atoms with E-state index >= 15 is 0 Å². The highest BCUT2D eigenvalue weighted by molar-refractivity contribution is 6.12. The van der Waals surface area contributed by atoms with Crippen molar-refractivity contribution in [3.8, 4) is 73.6 Å². The fourth-order valence-corrected chi connectivity index (χ4v) is 8.72. The van der Waals surface area contributed by atoms with E-state index in [1.165, 1.54) is 5.39 Å². The largest absolute Gasteiger partial charge is 0.435 e. The van der Waals surface area contributed by atoms with Gasteiger partial charge < -0.3 is 8.98 Å². The van der Waals surface area contributed by atoms with Crippen molar-refractivity contribution in [1.82, 2.24) is 24.5 Å². The summed E-state index contributed by atoms with van der Waals surface area (Å²) in [5.74, 6) is 2.37. The van der Waals surface area contributed by atoms with Crippen molar-refractivity contribution in [2.45, 2.75) is 0 Å². The van der Waals surface area contributed by atoms with Crippen LogP contribution >= 0.6 is 0 Å². The van der Waals surface area contributed by atoms with Crippen LogP contribution in [0.4, 0.5) is 0 Å². The van der Waals surface area contributed by atoms with Gasteiger partial charge in [0.25, 0.3) is 0 Å². The van der Waals surface area contributed by atoms with Gasteiger partial charge in [-0.2, -0.15) is 0 Å². The maximum atomic E-state index is 6.56. The first-order valence-electron chi connectivity index (χ1n) is 20.7. The number of hydrogen-bond donors (Lipinski definition) is 0. The Labute approximate surface area is 357 Å². The zero-order chi connectivity index (χ0) is 41.0. The predicted octanol–water partition coefficient (Wildman–Crippen LogP) is 14.3. The van der Waals surface area contributed by atoms with Crippen molar-refractivity contribution in [2.24, 2.45) is 0 Å². The summed E-state index contributed by atoms with van der Waals surface area (Å²) >= 11 is 0.